The molecule has 0 unspecified atom stereocenters. The van der Waals surface area contributed by atoms with Crippen LogP contribution in [0.15, 0.2) is 71.8 Å². The summed E-state index contributed by atoms with van der Waals surface area (Å²) in [5.74, 6) is 0.318. The second-order valence-electron chi connectivity index (χ2n) is 6.31. The van der Waals surface area contributed by atoms with E-state index in [1.807, 2.05) is 48.5 Å². The van der Waals surface area contributed by atoms with Crippen molar-refractivity contribution in [2.24, 2.45) is 11.0 Å². The van der Waals surface area contributed by atoms with Crippen molar-refractivity contribution in [2.75, 3.05) is 0 Å². The van der Waals surface area contributed by atoms with Crippen molar-refractivity contribution < 1.29 is 9.90 Å². The van der Waals surface area contributed by atoms with Crippen LogP contribution in [-0.4, -0.2) is 17.2 Å². The third-order valence-corrected chi connectivity index (χ3v) is 4.67. The van der Waals surface area contributed by atoms with Gasteiger partial charge in [-0.05, 0) is 34.7 Å². The number of hydrogen-bond donors (Lipinski definition) is 2. The first-order valence-electron chi connectivity index (χ1n) is 8.32. The molecule has 124 valence electrons. The molecule has 4 rings (SSSR count). The van der Waals surface area contributed by atoms with Crippen molar-refractivity contribution >= 4 is 22.9 Å². The van der Waals surface area contributed by atoms with E-state index in [0.29, 0.717) is 5.56 Å². The first kappa shape index (κ1) is 15.4. The van der Waals surface area contributed by atoms with E-state index < -0.39 is 0 Å². The number of aromatic hydroxyl groups is 1. The normalized spacial score (nSPS) is 19.2. The number of carbonyl (C=O) groups is 1. The molecule has 0 aromatic heterocycles. The summed E-state index contributed by atoms with van der Waals surface area (Å²) in [7, 11) is 0. The molecule has 3 aromatic carbocycles. The summed E-state index contributed by atoms with van der Waals surface area (Å²) in [6, 6.07) is 21.3. The quantitative estimate of drug-likeness (QED) is 0.564. The Bertz CT molecular complexity index is 951. The van der Waals surface area contributed by atoms with Gasteiger partial charge in [0.15, 0.2) is 0 Å². The topological polar surface area (TPSA) is 61.7 Å². The van der Waals surface area contributed by atoms with Crippen molar-refractivity contribution in [3.8, 4) is 5.75 Å². The van der Waals surface area contributed by atoms with E-state index in [2.05, 4.69) is 22.7 Å². The van der Waals surface area contributed by atoms with Gasteiger partial charge in [0.25, 0.3) is 0 Å². The summed E-state index contributed by atoms with van der Waals surface area (Å²) in [6.07, 6.45) is 2.36. The van der Waals surface area contributed by atoms with Crippen LogP contribution in [0.4, 0.5) is 0 Å². The molecule has 2 atom stereocenters. The fourth-order valence-electron chi connectivity index (χ4n) is 3.22. The van der Waals surface area contributed by atoms with Crippen LogP contribution in [0.5, 0.6) is 5.75 Å². The van der Waals surface area contributed by atoms with Crippen LogP contribution in [-0.2, 0) is 4.79 Å². The van der Waals surface area contributed by atoms with Gasteiger partial charge in [-0.15, -0.1) is 0 Å². The Morgan fingerprint density at radius 1 is 1.04 bits per heavy atom. The van der Waals surface area contributed by atoms with E-state index in [4.69, 9.17) is 0 Å². The van der Waals surface area contributed by atoms with E-state index in [9.17, 15) is 9.90 Å². The average molecular weight is 330 g/mol. The molecule has 0 bridgehead atoms. The van der Waals surface area contributed by atoms with Gasteiger partial charge in [-0.2, -0.15) is 5.10 Å². The predicted octanol–water partition coefficient (Wildman–Crippen LogP) is 3.80. The van der Waals surface area contributed by atoms with Crippen molar-refractivity contribution in [3.05, 3.63) is 77.9 Å². The van der Waals surface area contributed by atoms with Gasteiger partial charge in [0.1, 0.15) is 5.75 Å². The summed E-state index contributed by atoms with van der Waals surface area (Å²) >= 11 is 0. The number of hydrazone groups is 1. The number of fused-ring (bicyclic) bond motifs is 1. The maximum Gasteiger partial charge on any atom is 0.243 e. The van der Waals surface area contributed by atoms with Crippen LogP contribution >= 0.6 is 0 Å². The number of nitrogens with zero attached hydrogens (tertiary/aromatic N) is 1. The second-order valence-corrected chi connectivity index (χ2v) is 6.31. The van der Waals surface area contributed by atoms with E-state index in [1.54, 1.807) is 6.07 Å². The Morgan fingerprint density at radius 3 is 2.64 bits per heavy atom. The Balaban J connectivity index is 1.46. The molecule has 4 heteroatoms. The minimum absolute atomic E-state index is 0.0272. The number of phenolic OH excluding ortho intramolecular Hbond substituents is 1. The summed E-state index contributed by atoms with van der Waals surface area (Å²) in [5, 5.41) is 16.1. The molecule has 0 saturated heterocycles. The number of amides is 1. The summed E-state index contributed by atoms with van der Waals surface area (Å²) in [4.78, 5) is 12.2. The molecule has 2 N–H and O–H groups in total. The minimum atomic E-state index is -0.0789. The molecule has 25 heavy (non-hydrogen) atoms. The van der Waals surface area contributed by atoms with E-state index in [-0.39, 0.29) is 23.5 Å². The SMILES string of the molecule is O=C(N/N=C\c1c(O)ccc2ccccc12)[C@@H]1C[C@@H]1c1ccccc1. The molecule has 0 heterocycles. The highest BCUT2D eigenvalue weighted by molar-refractivity contribution is 6.02. The van der Waals surface area contributed by atoms with Crippen LogP contribution in [0.1, 0.15) is 23.5 Å². The van der Waals surface area contributed by atoms with Gasteiger partial charge in [0.2, 0.25) is 5.91 Å². The molecule has 0 aliphatic heterocycles. The zero-order valence-electron chi connectivity index (χ0n) is 13.6. The van der Waals surface area contributed by atoms with Gasteiger partial charge in [-0.3, -0.25) is 4.79 Å². The molecule has 1 fully saturated rings. The maximum absolute atomic E-state index is 12.2. The number of hydrogen-bond acceptors (Lipinski definition) is 3. The van der Waals surface area contributed by atoms with Crippen molar-refractivity contribution in [3.63, 3.8) is 0 Å². The number of nitrogens with one attached hydrogen (secondary N) is 1. The average Bonchev–Trinajstić information content (AvgIpc) is 3.45. The van der Waals surface area contributed by atoms with Gasteiger partial charge >= 0.3 is 0 Å². The highest BCUT2D eigenvalue weighted by Crippen LogP contribution is 2.47. The molecule has 1 aliphatic carbocycles. The molecule has 0 spiro atoms. The van der Waals surface area contributed by atoms with Crippen molar-refractivity contribution in [2.45, 2.75) is 12.3 Å². The number of benzene rings is 3. The third-order valence-electron chi connectivity index (χ3n) is 4.67. The zero-order valence-corrected chi connectivity index (χ0v) is 13.6. The lowest BCUT2D eigenvalue weighted by molar-refractivity contribution is -0.122. The second kappa shape index (κ2) is 6.40. The van der Waals surface area contributed by atoms with Crippen molar-refractivity contribution in [1.82, 2.24) is 5.43 Å². The van der Waals surface area contributed by atoms with Gasteiger partial charge in [-0.25, -0.2) is 5.43 Å². The van der Waals surface area contributed by atoms with E-state index >= 15 is 0 Å². The fourth-order valence-corrected chi connectivity index (χ4v) is 3.22. The van der Waals surface area contributed by atoms with E-state index in [0.717, 1.165) is 17.2 Å². The molecular weight excluding hydrogens is 312 g/mol. The van der Waals surface area contributed by atoms with Gasteiger partial charge in [0.05, 0.1) is 6.21 Å². The van der Waals surface area contributed by atoms with Crippen LogP contribution in [0, 0.1) is 5.92 Å². The standard InChI is InChI=1S/C21H18N2O2/c24-20-11-10-15-8-4-5-9-16(15)19(20)13-22-23-21(25)18-12-17(18)14-6-2-1-3-7-14/h1-11,13,17-18,24H,12H2,(H,23,25)/b22-13-/t17-,18-/m1/s1. The lowest BCUT2D eigenvalue weighted by Crippen LogP contribution is -2.20. The molecular formula is C21H18N2O2. The summed E-state index contributed by atoms with van der Waals surface area (Å²) in [5.41, 5.74) is 4.40. The summed E-state index contributed by atoms with van der Waals surface area (Å²) in [6.45, 7) is 0. The van der Waals surface area contributed by atoms with Crippen LogP contribution in [0.2, 0.25) is 0 Å². The summed E-state index contributed by atoms with van der Waals surface area (Å²) < 4.78 is 0. The Morgan fingerprint density at radius 2 is 1.80 bits per heavy atom. The van der Waals surface area contributed by atoms with Crippen LogP contribution < -0.4 is 5.43 Å². The highest BCUT2D eigenvalue weighted by Gasteiger charge is 2.43. The largest absolute Gasteiger partial charge is 0.507 e. The monoisotopic (exact) mass is 330 g/mol. The lowest BCUT2D eigenvalue weighted by Gasteiger charge is -2.05. The van der Waals surface area contributed by atoms with Crippen molar-refractivity contribution in [1.29, 1.82) is 0 Å². The first-order chi connectivity index (χ1) is 12.2. The lowest BCUT2D eigenvalue weighted by atomic mass is 10.0. The Labute approximate surface area is 145 Å². The zero-order chi connectivity index (χ0) is 17.2. The molecule has 3 aromatic rings. The predicted molar refractivity (Wildman–Crippen MR) is 98.6 cm³/mol. The molecule has 1 aliphatic rings. The maximum atomic E-state index is 12.2. The highest BCUT2D eigenvalue weighted by atomic mass is 16.3. The number of carbonyl (C=O) groups excluding carboxylic acids is 1. The first-order valence-corrected chi connectivity index (χ1v) is 8.32. The van der Waals surface area contributed by atoms with Crippen LogP contribution in [0.25, 0.3) is 10.8 Å². The fraction of sp³-hybridized carbons (Fsp3) is 0.143. The number of rotatable bonds is 4. The Hall–Kier alpha value is -3.14. The molecule has 1 amide bonds. The molecule has 1 saturated carbocycles. The number of phenols is 1. The minimum Gasteiger partial charge on any atom is -0.507 e. The van der Waals surface area contributed by atoms with Gasteiger partial charge in [0, 0.05) is 11.5 Å². The third kappa shape index (κ3) is 3.11. The van der Waals surface area contributed by atoms with Gasteiger partial charge in [-0.1, -0.05) is 60.7 Å². The molecule has 4 nitrogen and oxygen atoms in total. The smallest absolute Gasteiger partial charge is 0.243 e. The van der Waals surface area contributed by atoms with Gasteiger partial charge < -0.3 is 5.11 Å². The Kier molecular flexibility index (Phi) is 3.94. The van der Waals surface area contributed by atoms with E-state index in [1.165, 1.54) is 11.8 Å². The molecule has 0 radical (unpaired) electrons. The van der Waals surface area contributed by atoms with Crippen LogP contribution in [0.3, 0.4) is 0 Å².